The van der Waals surface area contributed by atoms with Crippen molar-refractivity contribution in [3.05, 3.63) is 59.4 Å². The third-order valence-electron chi connectivity index (χ3n) is 7.39. The Morgan fingerprint density at radius 3 is 2.75 bits per heavy atom. The molecule has 1 saturated heterocycles. The Kier molecular flexibility index (Phi) is 5.80. The van der Waals surface area contributed by atoms with Gasteiger partial charge in [-0.3, -0.25) is 24.9 Å². The number of benzene rings is 1. The highest BCUT2D eigenvalue weighted by Crippen LogP contribution is 2.51. The molecule has 1 aromatic heterocycles. The van der Waals surface area contributed by atoms with Crippen LogP contribution in [0.1, 0.15) is 75.7 Å². The van der Waals surface area contributed by atoms with Crippen LogP contribution in [-0.2, 0) is 9.59 Å². The molecule has 3 N–H and O–H groups in total. The van der Waals surface area contributed by atoms with Gasteiger partial charge in [0.2, 0.25) is 11.8 Å². The SMILES string of the molecule is Cc1ccc2c(c1)OC(C)(C)C[C@H]2NC(=O)[C@@H]1CC1[C@@H](c1cccnc1)N1C(=N)NC(C)(C)CC1=O. The molecule has 4 atom stereocenters. The Hall–Kier alpha value is -3.42. The van der Waals surface area contributed by atoms with Crippen molar-refractivity contribution in [3.63, 3.8) is 0 Å². The highest BCUT2D eigenvalue weighted by atomic mass is 16.5. The predicted octanol–water partition coefficient (Wildman–Crippen LogP) is 4.02. The van der Waals surface area contributed by atoms with Crippen molar-refractivity contribution in [1.29, 1.82) is 5.41 Å². The van der Waals surface area contributed by atoms with Gasteiger partial charge in [-0.1, -0.05) is 18.2 Å². The molecule has 1 saturated carbocycles. The van der Waals surface area contributed by atoms with Gasteiger partial charge in [0.05, 0.1) is 12.1 Å². The maximum atomic E-state index is 13.5. The minimum atomic E-state index is -0.480. The molecule has 1 aromatic carbocycles. The van der Waals surface area contributed by atoms with Crippen molar-refractivity contribution in [2.75, 3.05) is 0 Å². The van der Waals surface area contributed by atoms with Crippen molar-refractivity contribution in [1.82, 2.24) is 20.5 Å². The fourth-order valence-corrected chi connectivity index (χ4v) is 5.68. The summed E-state index contributed by atoms with van der Waals surface area (Å²) >= 11 is 0. The lowest BCUT2D eigenvalue weighted by Gasteiger charge is -2.42. The number of guanidine groups is 1. The first-order valence-corrected chi connectivity index (χ1v) is 12.6. The largest absolute Gasteiger partial charge is 0.487 e. The van der Waals surface area contributed by atoms with E-state index in [9.17, 15) is 9.59 Å². The van der Waals surface area contributed by atoms with Crippen molar-refractivity contribution in [2.24, 2.45) is 11.8 Å². The van der Waals surface area contributed by atoms with Gasteiger partial charge in [0, 0.05) is 42.3 Å². The lowest BCUT2D eigenvalue weighted by molar-refractivity contribution is -0.133. The van der Waals surface area contributed by atoms with Crippen LogP contribution in [0.3, 0.4) is 0 Å². The topological polar surface area (TPSA) is 107 Å². The average molecular weight is 490 g/mol. The molecule has 0 spiro atoms. The smallest absolute Gasteiger partial charge is 0.232 e. The number of nitrogens with one attached hydrogen (secondary N) is 3. The second-order valence-corrected chi connectivity index (χ2v) is 11.7. The molecule has 8 heteroatoms. The van der Waals surface area contributed by atoms with Crippen LogP contribution in [0.25, 0.3) is 0 Å². The zero-order chi connectivity index (χ0) is 25.8. The molecular formula is C28H35N5O3. The third-order valence-corrected chi connectivity index (χ3v) is 7.39. The lowest BCUT2D eigenvalue weighted by atomic mass is 9.89. The van der Waals surface area contributed by atoms with Crippen LogP contribution in [0.4, 0.5) is 0 Å². The van der Waals surface area contributed by atoms with Crippen LogP contribution in [0.2, 0.25) is 0 Å². The zero-order valence-corrected chi connectivity index (χ0v) is 21.6. The number of pyridine rings is 1. The normalized spacial score (nSPS) is 26.8. The number of ether oxygens (including phenoxy) is 1. The molecule has 2 aliphatic heterocycles. The number of rotatable bonds is 5. The first-order valence-electron chi connectivity index (χ1n) is 12.6. The van der Waals surface area contributed by atoms with E-state index in [4.69, 9.17) is 10.1 Å². The van der Waals surface area contributed by atoms with E-state index in [2.05, 4.69) is 15.6 Å². The van der Waals surface area contributed by atoms with Gasteiger partial charge in [-0.15, -0.1) is 0 Å². The van der Waals surface area contributed by atoms with Crippen LogP contribution in [0.5, 0.6) is 5.75 Å². The lowest BCUT2D eigenvalue weighted by Crippen LogP contribution is -2.60. The standard InChI is InChI=1S/C28H35N5O3/c1-16-8-9-18-21(13-28(4,5)36-22(18)11-16)31-25(35)20-12-19(20)24(17-7-6-10-30-15-17)33-23(34)14-27(2,3)32-26(33)29/h6-11,15,19-21,24H,12-14H2,1-5H3,(H2,29,32)(H,31,35)/t19?,20-,21-,24-/m1/s1. The molecule has 1 aliphatic carbocycles. The molecule has 2 fully saturated rings. The number of carbonyl (C=O) groups is 2. The van der Waals surface area contributed by atoms with E-state index in [0.717, 1.165) is 22.4 Å². The number of hydrogen-bond acceptors (Lipinski definition) is 5. The number of aryl methyl sites for hydroxylation is 1. The molecule has 3 heterocycles. The second-order valence-electron chi connectivity index (χ2n) is 11.7. The highest BCUT2D eigenvalue weighted by molar-refractivity contribution is 5.99. The quantitative estimate of drug-likeness (QED) is 0.588. The first-order chi connectivity index (χ1) is 16.9. The van der Waals surface area contributed by atoms with Gasteiger partial charge in [0.1, 0.15) is 11.4 Å². The maximum absolute atomic E-state index is 13.5. The van der Waals surface area contributed by atoms with Gasteiger partial charge >= 0.3 is 0 Å². The Bertz CT molecular complexity index is 1190. The van der Waals surface area contributed by atoms with Crippen molar-refractivity contribution in [2.45, 2.75) is 77.1 Å². The van der Waals surface area contributed by atoms with E-state index in [0.29, 0.717) is 12.8 Å². The van der Waals surface area contributed by atoms with Crippen molar-refractivity contribution < 1.29 is 14.3 Å². The van der Waals surface area contributed by atoms with Crippen LogP contribution in [0.15, 0.2) is 42.7 Å². The van der Waals surface area contributed by atoms with Gasteiger partial charge in [0.15, 0.2) is 5.96 Å². The number of fused-ring (bicyclic) bond motifs is 1. The van der Waals surface area contributed by atoms with Gasteiger partial charge in [0.25, 0.3) is 0 Å². The molecule has 1 unspecified atom stereocenters. The van der Waals surface area contributed by atoms with Crippen LogP contribution < -0.4 is 15.4 Å². The predicted molar refractivity (Wildman–Crippen MR) is 136 cm³/mol. The summed E-state index contributed by atoms with van der Waals surface area (Å²) in [5.74, 6) is 0.425. The van der Waals surface area contributed by atoms with Crippen molar-refractivity contribution >= 4 is 17.8 Å². The first kappa shape index (κ1) is 24.3. The highest BCUT2D eigenvalue weighted by Gasteiger charge is 2.53. The summed E-state index contributed by atoms with van der Waals surface area (Å²) in [5, 5.41) is 15.0. The molecule has 5 rings (SSSR count). The number of aromatic nitrogens is 1. The van der Waals surface area contributed by atoms with Gasteiger partial charge in [-0.05, 0) is 70.2 Å². The molecule has 36 heavy (non-hydrogen) atoms. The van der Waals surface area contributed by atoms with Crippen LogP contribution >= 0.6 is 0 Å². The Balaban J connectivity index is 1.38. The van der Waals surface area contributed by atoms with E-state index < -0.39 is 17.2 Å². The molecule has 2 amide bonds. The Morgan fingerprint density at radius 1 is 1.28 bits per heavy atom. The fraction of sp³-hybridized carbons (Fsp3) is 0.500. The monoisotopic (exact) mass is 489 g/mol. The summed E-state index contributed by atoms with van der Waals surface area (Å²) in [4.78, 5) is 32.5. The maximum Gasteiger partial charge on any atom is 0.232 e. The minimum absolute atomic E-state index is 0.0209. The fourth-order valence-electron chi connectivity index (χ4n) is 5.68. The summed E-state index contributed by atoms with van der Waals surface area (Å²) in [6.45, 7) is 9.94. The Morgan fingerprint density at radius 2 is 2.06 bits per heavy atom. The van der Waals surface area contributed by atoms with E-state index in [1.54, 1.807) is 12.4 Å². The third kappa shape index (κ3) is 4.68. The average Bonchev–Trinajstić information content (AvgIpc) is 3.55. The summed E-state index contributed by atoms with van der Waals surface area (Å²) in [7, 11) is 0. The summed E-state index contributed by atoms with van der Waals surface area (Å²) in [6, 6.07) is 9.29. The molecule has 2 aromatic rings. The van der Waals surface area contributed by atoms with Gasteiger partial charge in [-0.25, -0.2) is 0 Å². The summed E-state index contributed by atoms with van der Waals surface area (Å²) in [6.07, 6.45) is 5.03. The minimum Gasteiger partial charge on any atom is -0.487 e. The Labute approximate surface area is 212 Å². The number of amides is 2. The van der Waals surface area contributed by atoms with E-state index in [1.807, 2.05) is 65.0 Å². The number of hydrogen-bond donors (Lipinski definition) is 3. The number of nitrogens with zero attached hydrogens (tertiary/aromatic N) is 2. The van der Waals surface area contributed by atoms with Crippen LogP contribution in [0, 0.1) is 24.2 Å². The number of carbonyl (C=O) groups excluding carboxylic acids is 2. The summed E-state index contributed by atoms with van der Waals surface area (Å²) < 4.78 is 6.19. The molecule has 0 bridgehead atoms. The molecular weight excluding hydrogens is 454 g/mol. The molecule has 8 nitrogen and oxygen atoms in total. The second kappa shape index (κ2) is 8.61. The van der Waals surface area contributed by atoms with Crippen molar-refractivity contribution in [3.8, 4) is 5.75 Å². The molecule has 190 valence electrons. The van der Waals surface area contributed by atoms with Gasteiger partial charge in [-0.2, -0.15) is 0 Å². The zero-order valence-electron chi connectivity index (χ0n) is 21.6. The van der Waals surface area contributed by atoms with Gasteiger partial charge < -0.3 is 15.4 Å². The molecule has 3 aliphatic rings. The van der Waals surface area contributed by atoms with E-state index >= 15 is 0 Å². The van der Waals surface area contributed by atoms with E-state index in [-0.39, 0.29) is 42.1 Å². The van der Waals surface area contributed by atoms with Crippen LogP contribution in [-0.4, -0.2) is 38.8 Å². The molecule has 0 radical (unpaired) electrons. The summed E-state index contributed by atoms with van der Waals surface area (Å²) in [5.41, 5.74) is 2.07. The van der Waals surface area contributed by atoms with E-state index in [1.165, 1.54) is 4.90 Å².